The van der Waals surface area contributed by atoms with Gasteiger partial charge in [-0.15, -0.1) is 0 Å². The molecule has 0 aromatic heterocycles. The number of hydrogen-bond acceptors (Lipinski definition) is 5. The van der Waals surface area contributed by atoms with Crippen LogP contribution in [-0.2, 0) is 6.42 Å². The Morgan fingerprint density at radius 3 is 2.86 bits per heavy atom. The summed E-state index contributed by atoms with van der Waals surface area (Å²) in [6.45, 7) is 1.000. The third kappa shape index (κ3) is 2.44. The lowest BCUT2D eigenvalue weighted by atomic mass is 10.1. The molecule has 1 N–H and O–H groups in total. The van der Waals surface area contributed by atoms with Gasteiger partial charge in [-0.25, -0.2) is 0 Å². The molecule has 3 rings (SSSR count). The van der Waals surface area contributed by atoms with Gasteiger partial charge in [0.1, 0.15) is 6.07 Å². The topological polar surface area (TPSA) is 82.2 Å². The molecule has 6 heteroatoms. The van der Waals surface area contributed by atoms with E-state index in [1.54, 1.807) is 6.07 Å². The Morgan fingerprint density at radius 1 is 1.32 bits per heavy atom. The quantitative estimate of drug-likeness (QED) is 0.694. The lowest BCUT2D eigenvalue weighted by molar-refractivity contribution is -0.384. The van der Waals surface area contributed by atoms with Crippen molar-refractivity contribution in [1.82, 2.24) is 0 Å². The lowest BCUT2D eigenvalue weighted by Gasteiger charge is -2.14. The van der Waals surface area contributed by atoms with Crippen LogP contribution in [0.4, 0.5) is 22.7 Å². The van der Waals surface area contributed by atoms with Crippen molar-refractivity contribution in [3.8, 4) is 6.07 Å². The van der Waals surface area contributed by atoms with Crippen molar-refractivity contribution in [1.29, 1.82) is 5.26 Å². The maximum Gasteiger partial charge on any atom is 0.270 e. The smallest absolute Gasteiger partial charge is 0.270 e. The standard InChI is InChI=1S/C16H14N4O2/c1-19-7-6-11-2-3-13(9-16(11)19)18-15-5-4-14(20(21)22)8-12(15)10-17/h2-5,8-9,18H,6-7H2,1H3. The van der Waals surface area contributed by atoms with Gasteiger partial charge in [0.25, 0.3) is 5.69 Å². The predicted octanol–water partition coefficient (Wildman–Crippen LogP) is 3.20. The number of benzene rings is 2. The summed E-state index contributed by atoms with van der Waals surface area (Å²) in [5.41, 5.74) is 4.06. The molecule has 6 nitrogen and oxygen atoms in total. The maximum absolute atomic E-state index is 10.8. The number of likely N-dealkylation sites (N-methyl/N-ethyl adjacent to an activating group) is 1. The van der Waals surface area contributed by atoms with Crippen molar-refractivity contribution in [2.75, 3.05) is 23.8 Å². The van der Waals surface area contributed by atoms with Crippen LogP contribution < -0.4 is 10.2 Å². The number of nitrogens with zero attached hydrogens (tertiary/aromatic N) is 3. The minimum absolute atomic E-state index is 0.0872. The molecule has 0 unspecified atom stereocenters. The monoisotopic (exact) mass is 294 g/mol. The lowest BCUT2D eigenvalue weighted by Crippen LogP contribution is -2.12. The Kier molecular flexibility index (Phi) is 3.39. The van der Waals surface area contributed by atoms with E-state index in [9.17, 15) is 15.4 Å². The van der Waals surface area contributed by atoms with Crippen LogP contribution in [0.2, 0.25) is 0 Å². The van der Waals surface area contributed by atoms with E-state index in [1.807, 2.05) is 25.2 Å². The van der Waals surface area contributed by atoms with Gasteiger partial charge in [-0.1, -0.05) is 6.07 Å². The number of nitro benzene ring substituents is 1. The Hall–Kier alpha value is -3.07. The van der Waals surface area contributed by atoms with Crippen molar-refractivity contribution in [2.24, 2.45) is 0 Å². The normalized spacial score (nSPS) is 12.6. The number of fused-ring (bicyclic) bond motifs is 1. The van der Waals surface area contributed by atoms with E-state index in [-0.39, 0.29) is 11.3 Å². The Labute approximate surface area is 127 Å². The summed E-state index contributed by atoms with van der Waals surface area (Å²) in [5.74, 6) is 0. The van der Waals surface area contributed by atoms with Crippen LogP contribution in [0.5, 0.6) is 0 Å². The van der Waals surface area contributed by atoms with E-state index in [4.69, 9.17) is 0 Å². The number of hydrogen-bond donors (Lipinski definition) is 1. The first-order chi connectivity index (χ1) is 10.6. The molecular formula is C16H14N4O2. The zero-order valence-electron chi connectivity index (χ0n) is 12.0. The zero-order chi connectivity index (χ0) is 15.7. The molecule has 0 atom stereocenters. The fourth-order valence-corrected chi connectivity index (χ4v) is 2.62. The third-order valence-electron chi connectivity index (χ3n) is 3.83. The Bertz CT molecular complexity index is 795. The number of nitro groups is 1. The number of nitrogens with one attached hydrogen (secondary N) is 1. The molecule has 1 heterocycles. The van der Waals surface area contributed by atoms with Gasteiger partial charge in [-0.05, 0) is 30.2 Å². The van der Waals surface area contributed by atoms with Gasteiger partial charge >= 0.3 is 0 Å². The second-order valence-corrected chi connectivity index (χ2v) is 5.24. The summed E-state index contributed by atoms with van der Waals surface area (Å²) in [4.78, 5) is 12.5. The van der Waals surface area contributed by atoms with Crippen molar-refractivity contribution >= 4 is 22.7 Å². The van der Waals surface area contributed by atoms with Crippen molar-refractivity contribution in [3.05, 3.63) is 57.6 Å². The minimum Gasteiger partial charge on any atom is -0.374 e. The first kappa shape index (κ1) is 13.9. The van der Waals surface area contributed by atoms with Crippen molar-refractivity contribution < 1.29 is 4.92 Å². The van der Waals surface area contributed by atoms with Crippen LogP contribution in [0.25, 0.3) is 0 Å². The fourth-order valence-electron chi connectivity index (χ4n) is 2.62. The van der Waals surface area contributed by atoms with E-state index in [2.05, 4.69) is 16.3 Å². The molecule has 0 bridgehead atoms. The number of non-ortho nitro benzene ring substituents is 1. The first-order valence-electron chi connectivity index (χ1n) is 6.88. The van der Waals surface area contributed by atoms with E-state index in [0.29, 0.717) is 5.69 Å². The number of anilines is 3. The fraction of sp³-hybridized carbons (Fsp3) is 0.188. The molecule has 22 heavy (non-hydrogen) atoms. The molecule has 0 saturated heterocycles. The van der Waals surface area contributed by atoms with Gasteiger partial charge in [0, 0.05) is 37.1 Å². The van der Waals surface area contributed by atoms with Gasteiger partial charge in [0.05, 0.1) is 16.2 Å². The van der Waals surface area contributed by atoms with Crippen LogP contribution >= 0.6 is 0 Å². The van der Waals surface area contributed by atoms with E-state index < -0.39 is 4.92 Å². The van der Waals surface area contributed by atoms with Gasteiger partial charge in [-0.3, -0.25) is 10.1 Å². The molecule has 2 aromatic carbocycles. The summed E-state index contributed by atoms with van der Waals surface area (Å²) in [6.07, 6.45) is 1.03. The first-order valence-corrected chi connectivity index (χ1v) is 6.88. The third-order valence-corrected chi connectivity index (χ3v) is 3.83. The van der Waals surface area contributed by atoms with Crippen LogP contribution in [-0.4, -0.2) is 18.5 Å². The van der Waals surface area contributed by atoms with Gasteiger partial charge in [0.15, 0.2) is 0 Å². The van der Waals surface area contributed by atoms with E-state index >= 15 is 0 Å². The van der Waals surface area contributed by atoms with E-state index in [1.165, 1.54) is 23.4 Å². The summed E-state index contributed by atoms with van der Waals surface area (Å²) in [6, 6.07) is 12.3. The maximum atomic E-state index is 10.8. The molecule has 2 aromatic rings. The van der Waals surface area contributed by atoms with Gasteiger partial charge < -0.3 is 10.2 Å². The van der Waals surface area contributed by atoms with Crippen LogP contribution in [0.3, 0.4) is 0 Å². The number of nitriles is 1. The van der Waals surface area contributed by atoms with Crippen molar-refractivity contribution in [3.63, 3.8) is 0 Å². The molecule has 0 radical (unpaired) electrons. The summed E-state index contributed by atoms with van der Waals surface area (Å²) >= 11 is 0. The van der Waals surface area contributed by atoms with Crippen LogP contribution in [0, 0.1) is 21.4 Å². The second kappa shape index (κ2) is 5.37. The van der Waals surface area contributed by atoms with Crippen LogP contribution in [0.15, 0.2) is 36.4 Å². The highest BCUT2D eigenvalue weighted by Gasteiger charge is 2.16. The highest BCUT2D eigenvalue weighted by Crippen LogP contribution is 2.32. The molecule has 1 aliphatic rings. The molecule has 0 spiro atoms. The predicted molar refractivity (Wildman–Crippen MR) is 84.5 cm³/mol. The summed E-state index contributed by atoms with van der Waals surface area (Å²) in [7, 11) is 2.04. The minimum atomic E-state index is -0.505. The molecule has 0 saturated carbocycles. The molecule has 0 aliphatic carbocycles. The average Bonchev–Trinajstić information content (AvgIpc) is 2.88. The summed E-state index contributed by atoms with van der Waals surface area (Å²) < 4.78 is 0. The Morgan fingerprint density at radius 2 is 2.14 bits per heavy atom. The van der Waals surface area contributed by atoms with Gasteiger partial charge in [-0.2, -0.15) is 5.26 Å². The molecule has 0 fully saturated rings. The average molecular weight is 294 g/mol. The SMILES string of the molecule is CN1CCc2ccc(Nc3ccc([N+](=O)[O-])cc3C#N)cc21. The molecule has 0 amide bonds. The summed E-state index contributed by atoms with van der Waals surface area (Å²) in [5, 5.41) is 23.1. The largest absolute Gasteiger partial charge is 0.374 e. The number of rotatable bonds is 3. The Balaban J connectivity index is 1.92. The van der Waals surface area contributed by atoms with E-state index in [0.717, 1.165) is 18.7 Å². The highest BCUT2D eigenvalue weighted by molar-refractivity contribution is 5.72. The molecular weight excluding hydrogens is 280 g/mol. The zero-order valence-corrected chi connectivity index (χ0v) is 12.0. The molecule has 1 aliphatic heterocycles. The van der Waals surface area contributed by atoms with Gasteiger partial charge in [0.2, 0.25) is 0 Å². The van der Waals surface area contributed by atoms with Crippen molar-refractivity contribution in [2.45, 2.75) is 6.42 Å². The highest BCUT2D eigenvalue weighted by atomic mass is 16.6. The molecule has 110 valence electrons. The van der Waals surface area contributed by atoms with Crippen LogP contribution in [0.1, 0.15) is 11.1 Å². The second-order valence-electron chi connectivity index (χ2n) is 5.24.